The molecule has 0 spiro atoms. The summed E-state index contributed by atoms with van der Waals surface area (Å²) < 4.78 is 5.41. The number of fused-ring (bicyclic) bond motifs is 1. The Kier molecular flexibility index (Phi) is 3.92. The highest BCUT2D eigenvalue weighted by Crippen LogP contribution is 2.28. The second-order valence-electron chi connectivity index (χ2n) is 6.61. The van der Waals surface area contributed by atoms with Crippen molar-refractivity contribution in [3.63, 3.8) is 0 Å². The lowest BCUT2D eigenvalue weighted by molar-refractivity contribution is 0.0734. The van der Waals surface area contributed by atoms with Crippen LogP contribution in [0.5, 0.6) is 0 Å². The van der Waals surface area contributed by atoms with Gasteiger partial charge in [0.05, 0.1) is 0 Å². The molecule has 7 heteroatoms. The molecular weight excluding hydrogens is 306 g/mol. The third-order valence-electron chi connectivity index (χ3n) is 4.89. The van der Waals surface area contributed by atoms with E-state index < -0.39 is 0 Å². The average molecular weight is 327 g/mol. The molecule has 1 aliphatic carbocycles. The van der Waals surface area contributed by atoms with E-state index in [2.05, 4.69) is 26.9 Å². The maximum absolute atomic E-state index is 12.8. The van der Waals surface area contributed by atoms with Gasteiger partial charge in [-0.05, 0) is 24.8 Å². The van der Waals surface area contributed by atoms with Crippen LogP contribution in [0.1, 0.15) is 35.2 Å². The fourth-order valence-electron chi connectivity index (χ4n) is 3.46. The number of rotatable bonds is 2. The first-order chi connectivity index (χ1) is 11.7. The van der Waals surface area contributed by atoms with E-state index in [-0.39, 0.29) is 5.91 Å². The summed E-state index contributed by atoms with van der Waals surface area (Å²) in [6, 6.07) is 1.80. The number of piperazine rings is 1. The van der Waals surface area contributed by atoms with Gasteiger partial charge in [0.1, 0.15) is 5.76 Å². The molecule has 1 amide bonds. The molecule has 0 bridgehead atoms. The van der Waals surface area contributed by atoms with E-state index in [0.29, 0.717) is 24.7 Å². The fraction of sp³-hybridized carbons (Fsp3) is 0.529. The van der Waals surface area contributed by atoms with Gasteiger partial charge in [0.25, 0.3) is 5.91 Å². The summed E-state index contributed by atoms with van der Waals surface area (Å²) in [5, 5.41) is 4.08. The number of hydrogen-bond acceptors (Lipinski definition) is 6. The molecule has 126 valence electrons. The minimum Gasteiger partial charge on any atom is -0.360 e. The summed E-state index contributed by atoms with van der Waals surface area (Å²) in [6.07, 6.45) is 6.35. The number of hydrogen-bond donors (Lipinski definition) is 0. The molecule has 0 radical (unpaired) electrons. The first-order valence-corrected chi connectivity index (χ1v) is 8.51. The van der Waals surface area contributed by atoms with Crippen molar-refractivity contribution in [1.82, 2.24) is 20.0 Å². The van der Waals surface area contributed by atoms with Crippen LogP contribution in [0.2, 0.25) is 0 Å². The summed E-state index contributed by atoms with van der Waals surface area (Å²) in [7, 11) is 0. The van der Waals surface area contributed by atoms with E-state index in [1.54, 1.807) is 18.5 Å². The SMILES string of the molecule is CC1CCc2onc(C(=O)N3CCN(c4ncccn4)CC3)c2C1. The summed E-state index contributed by atoms with van der Waals surface area (Å²) >= 11 is 0. The smallest absolute Gasteiger partial charge is 0.276 e. The second kappa shape index (κ2) is 6.22. The molecule has 2 aliphatic rings. The van der Waals surface area contributed by atoms with E-state index in [1.165, 1.54) is 0 Å². The van der Waals surface area contributed by atoms with Crippen LogP contribution in [0, 0.1) is 5.92 Å². The first-order valence-electron chi connectivity index (χ1n) is 8.51. The lowest BCUT2D eigenvalue weighted by Crippen LogP contribution is -2.49. The van der Waals surface area contributed by atoms with Crippen molar-refractivity contribution in [2.75, 3.05) is 31.1 Å². The maximum atomic E-state index is 12.8. The summed E-state index contributed by atoms with van der Waals surface area (Å²) in [6.45, 7) is 4.96. The first kappa shape index (κ1) is 15.1. The Labute approximate surface area is 140 Å². The van der Waals surface area contributed by atoms with Gasteiger partial charge in [-0.3, -0.25) is 4.79 Å². The molecular formula is C17H21N5O2. The van der Waals surface area contributed by atoms with Crippen molar-refractivity contribution >= 4 is 11.9 Å². The minimum absolute atomic E-state index is 0.0114. The molecule has 1 atom stereocenters. The van der Waals surface area contributed by atoms with Gasteiger partial charge in [-0.1, -0.05) is 12.1 Å². The lowest BCUT2D eigenvalue weighted by atomic mass is 9.88. The van der Waals surface area contributed by atoms with E-state index in [9.17, 15) is 4.79 Å². The van der Waals surface area contributed by atoms with Crippen molar-refractivity contribution in [2.24, 2.45) is 5.92 Å². The van der Waals surface area contributed by atoms with Gasteiger partial charge in [0.15, 0.2) is 5.69 Å². The number of anilines is 1. The average Bonchev–Trinajstić information content (AvgIpc) is 3.05. The quantitative estimate of drug-likeness (QED) is 0.833. The molecule has 1 aliphatic heterocycles. The van der Waals surface area contributed by atoms with E-state index >= 15 is 0 Å². The molecule has 7 nitrogen and oxygen atoms in total. The highest BCUT2D eigenvalue weighted by molar-refractivity contribution is 5.94. The standard InChI is InChI=1S/C17H21N5O2/c1-12-3-4-14-13(11-12)15(20-24-14)16(23)21-7-9-22(10-8-21)17-18-5-2-6-19-17/h2,5-6,12H,3-4,7-11H2,1H3. The van der Waals surface area contributed by atoms with Crippen LogP contribution < -0.4 is 4.90 Å². The minimum atomic E-state index is -0.0114. The number of carbonyl (C=O) groups excluding carboxylic acids is 1. The van der Waals surface area contributed by atoms with Crippen LogP contribution in [0.4, 0.5) is 5.95 Å². The van der Waals surface area contributed by atoms with Crippen LogP contribution in [-0.2, 0) is 12.8 Å². The largest absolute Gasteiger partial charge is 0.360 e. The normalized spacial score (nSPS) is 20.8. The molecule has 2 aromatic rings. The van der Waals surface area contributed by atoms with Crippen LogP contribution in [0.3, 0.4) is 0 Å². The predicted octanol–water partition coefficient (Wildman–Crippen LogP) is 1.55. The number of aryl methyl sites for hydroxylation is 1. The molecule has 1 saturated heterocycles. The van der Waals surface area contributed by atoms with Crippen molar-refractivity contribution < 1.29 is 9.32 Å². The second-order valence-corrected chi connectivity index (χ2v) is 6.61. The zero-order chi connectivity index (χ0) is 16.5. The molecule has 2 aromatic heterocycles. The topological polar surface area (TPSA) is 75.4 Å². The number of aromatic nitrogens is 3. The van der Waals surface area contributed by atoms with Crippen LogP contribution in [0.15, 0.2) is 23.0 Å². The highest BCUT2D eigenvalue weighted by Gasteiger charge is 2.31. The summed E-state index contributed by atoms with van der Waals surface area (Å²) in [4.78, 5) is 25.3. The Balaban J connectivity index is 1.45. The van der Waals surface area contributed by atoms with Gasteiger partial charge in [-0.25, -0.2) is 9.97 Å². The van der Waals surface area contributed by atoms with Crippen LogP contribution in [0.25, 0.3) is 0 Å². The summed E-state index contributed by atoms with van der Waals surface area (Å²) in [5.74, 6) is 2.18. The molecule has 0 saturated carbocycles. The Bertz CT molecular complexity index is 722. The van der Waals surface area contributed by atoms with Crippen molar-refractivity contribution in [2.45, 2.75) is 26.2 Å². The zero-order valence-electron chi connectivity index (χ0n) is 13.8. The number of nitrogens with zero attached hydrogens (tertiary/aromatic N) is 5. The Morgan fingerprint density at radius 3 is 2.71 bits per heavy atom. The van der Waals surface area contributed by atoms with Crippen molar-refractivity contribution in [3.8, 4) is 0 Å². The predicted molar refractivity (Wildman–Crippen MR) is 87.8 cm³/mol. The van der Waals surface area contributed by atoms with Gasteiger partial charge in [0.2, 0.25) is 5.95 Å². The van der Waals surface area contributed by atoms with Gasteiger partial charge < -0.3 is 14.3 Å². The van der Waals surface area contributed by atoms with E-state index in [4.69, 9.17) is 4.52 Å². The Hall–Kier alpha value is -2.44. The monoisotopic (exact) mass is 327 g/mol. The van der Waals surface area contributed by atoms with Crippen LogP contribution >= 0.6 is 0 Å². The third kappa shape index (κ3) is 2.74. The van der Waals surface area contributed by atoms with Gasteiger partial charge in [-0.2, -0.15) is 0 Å². The molecule has 1 unspecified atom stereocenters. The van der Waals surface area contributed by atoms with Crippen molar-refractivity contribution in [3.05, 3.63) is 35.5 Å². The van der Waals surface area contributed by atoms with E-state index in [0.717, 1.165) is 49.6 Å². The Morgan fingerprint density at radius 1 is 1.21 bits per heavy atom. The van der Waals surface area contributed by atoms with Gasteiger partial charge >= 0.3 is 0 Å². The molecule has 0 aromatic carbocycles. The van der Waals surface area contributed by atoms with Gasteiger partial charge in [-0.15, -0.1) is 0 Å². The van der Waals surface area contributed by atoms with Crippen LogP contribution in [-0.4, -0.2) is 52.1 Å². The molecule has 24 heavy (non-hydrogen) atoms. The molecule has 4 rings (SSSR count). The Morgan fingerprint density at radius 2 is 1.96 bits per heavy atom. The van der Waals surface area contributed by atoms with Gasteiger partial charge in [0, 0.05) is 50.6 Å². The molecule has 0 N–H and O–H groups in total. The fourth-order valence-corrected chi connectivity index (χ4v) is 3.46. The number of amides is 1. The highest BCUT2D eigenvalue weighted by atomic mass is 16.5. The van der Waals surface area contributed by atoms with E-state index in [1.807, 2.05) is 4.90 Å². The lowest BCUT2D eigenvalue weighted by Gasteiger charge is -2.34. The zero-order valence-corrected chi connectivity index (χ0v) is 13.8. The molecule has 3 heterocycles. The third-order valence-corrected chi connectivity index (χ3v) is 4.89. The summed E-state index contributed by atoms with van der Waals surface area (Å²) in [5.41, 5.74) is 1.54. The maximum Gasteiger partial charge on any atom is 0.276 e. The molecule has 1 fully saturated rings. The number of carbonyl (C=O) groups is 1. The van der Waals surface area contributed by atoms with Crippen molar-refractivity contribution in [1.29, 1.82) is 0 Å².